The smallest absolute Gasteiger partial charge is 0.155 e. The summed E-state index contributed by atoms with van der Waals surface area (Å²) in [6.45, 7) is 0. The Morgan fingerprint density at radius 2 is 1.68 bits per heavy atom. The minimum atomic E-state index is 0.619. The lowest BCUT2D eigenvalue weighted by atomic mass is 10.0. The predicted molar refractivity (Wildman–Crippen MR) is 102 cm³/mol. The molecule has 0 bridgehead atoms. The SMILES string of the molecule is Clc1cccc(C2=NNC(c3cccnc3)=Nc3ccc(Cl)cc32)c1. The molecule has 0 saturated heterocycles. The Bertz CT molecular complexity index is 997. The van der Waals surface area contributed by atoms with Gasteiger partial charge in [-0.25, -0.2) is 4.99 Å². The van der Waals surface area contributed by atoms with Gasteiger partial charge in [0.2, 0.25) is 0 Å². The van der Waals surface area contributed by atoms with Crippen molar-refractivity contribution in [3.63, 3.8) is 0 Å². The number of nitrogens with zero attached hydrogens (tertiary/aromatic N) is 3. The van der Waals surface area contributed by atoms with Gasteiger partial charge in [-0.1, -0.05) is 35.3 Å². The van der Waals surface area contributed by atoms with E-state index in [1.54, 1.807) is 12.4 Å². The van der Waals surface area contributed by atoms with Crippen LogP contribution in [-0.2, 0) is 0 Å². The summed E-state index contributed by atoms with van der Waals surface area (Å²) in [5.41, 5.74) is 7.10. The van der Waals surface area contributed by atoms with Crippen molar-refractivity contribution in [3.05, 3.63) is 93.7 Å². The van der Waals surface area contributed by atoms with E-state index >= 15 is 0 Å². The first-order valence-electron chi connectivity index (χ1n) is 7.59. The van der Waals surface area contributed by atoms with Gasteiger partial charge in [0.05, 0.1) is 5.69 Å². The van der Waals surface area contributed by atoms with Crippen LogP contribution in [0.2, 0.25) is 10.0 Å². The number of hydrogen-bond acceptors (Lipinski definition) is 4. The summed E-state index contributed by atoms with van der Waals surface area (Å²) in [6.07, 6.45) is 3.45. The second-order valence-corrected chi connectivity index (χ2v) is 6.32. The van der Waals surface area contributed by atoms with Crippen LogP contribution in [-0.4, -0.2) is 16.5 Å². The number of aromatic nitrogens is 1. The van der Waals surface area contributed by atoms with E-state index in [0.717, 1.165) is 28.1 Å². The molecule has 1 aliphatic heterocycles. The molecule has 122 valence electrons. The van der Waals surface area contributed by atoms with E-state index in [0.29, 0.717) is 15.9 Å². The molecule has 0 unspecified atom stereocenters. The predicted octanol–water partition coefficient (Wildman–Crippen LogP) is 4.82. The highest BCUT2D eigenvalue weighted by Gasteiger charge is 2.18. The van der Waals surface area contributed by atoms with Crippen LogP contribution in [0.4, 0.5) is 5.69 Å². The van der Waals surface area contributed by atoms with Gasteiger partial charge in [0.25, 0.3) is 0 Å². The third kappa shape index (κ3) is 3.27. The molecule has 4 rings (SSSR count). The molecule has 6 heteroatoms. The summed E-state index contributed by atoms with van der Waals surface area (Å²) in [4.78, 5) is 8.85. The maximum Gasteiger partial charge on any atom is 0.155 e. The number of fused-ring (bicyclic) bond motifs is 1. The fourth-order valence-corrected chi connectivity index (χ4v) is 2.96. The van der Waals surface area contributed by atoms with Crippen molar-refractivity contribution in [2.75, 3.05) is 0 Å². The van der Waals surface area contributed by atoms with E-state index in [1.165, 1.54) is 0 Å². The van der Waals surface area contributed by atoms with Gasteiger partial charge >= 0.3 is 0 Å². The highest BCUT2D eigenvalue weighted by Crippen LogP contribution is 2.29. The molecule has 1 aromatic heterocycles. The molecule has 0 radical (unpaired) electrons. The Kier molecular flexibility index (Phi) is 4.22. The number of benzene rings is 2. The zero-order valence-electron chi connectivity index (χ0n) is 12.9. The number of hydrazone groups is 1. The van der Waals surface area contributed by atoms with Crippen molar-refractivity contribution in [2.45, 2.75) is 0 Å². The second kappa shape index (κ2) is 6.67. The minimum Gasteiger partial charge on any atom is -0.264 e. The second-order valence-electron chi connectivity index (χ2n) is 5.45. The Morgan fingerprint density at radius 1 is 0.840 bits per heavy atom. The fourth-order valence-electron chi connectivity index (χ4n) is 2.60. The molecule has 0 aliphatic carbocycles. The molecular formula is C19H12Cl2N4. The topological polar surface area (TPSA) is 49.6 Å². The lowest BCUT2D eigenvalue weighted by Crippen LogP contribution is -2.19. The average molecular weight is 367 g/mol. The van der Waals surface area contributed by atoms with Gasteiger partial charge in [0.15, 0.2) is 5.84 Å². The molecule has 25 heavy (non-hydrogen) atoms. The molecular weight excluding hydrogens is 355 g/mol. The molecule has 3 aromatic rings. The molecule has 1 aliphatic rings. The Morgan fingerprint density at radius 3 is 2.48 bits per heavy atom. The summed E-state index contributed by atoms with van der Waals surface area (Å²) in [7, 11) is 0. The molecule has 0 atom stereocenters. The first-order chi connectivity index (χ1) is 12.2. The molecule has 2 aromatic carbocycles. The van der Waals surface area contributed by atoms with Crippen LogP contribution >= 0.6 is 23.2 Å². The molecule has 0 saturated carbocycles. The molecule has 0 fully saturated rings. The Balaban J connectivity index is 1.89. The van der Waals surface area contributed by atoms with Gasteiger partial charge in [-0.2, -0.15) is 5.10 Å². The number of pyridine rings is 1. The number of amidine groups is 1. The molecule has 2 heterocycles. The molecule has 1 N–H and O–H groups in total. The summed E-state index contributed by atoms with van der Waals surface area (Å²) < 4.78 is 0. The number of hydrogen-bond donors (Lipinski definition) is 1. The van der Waals surface area contributed by atoms with Gasteiger partial charge < -0.3 is 0 Å². The molecule has 4 nitrogen and oxygen atoms in total. The highest BCUT2D eigenvalue weighted by atomic mass is 35.5. The van der Waals surface area contributed by atoms with Crippen LogP contribution in [0.5, 0.6) is 0 Å². The number of halogens is 2. The van der Waals surface area contributed by atoms with Crippen molar-refractivity contribution in [1.82, 2.24) is 10.4 Å². The van der Waals surface area contributed by atoms with Crippen LogP contribution in [0.15, 0.2) is 77.1 Å². The van der Waals surface area contributed by atoms with Crippen LogP contribution < -0.4 is 5.43 Å². The normalized spacial score (nSPS) is 13.2. The van der Waals surface area contributed by atoms with E-state index < -0.39 is 0 Å². The van der Waals surface area contributed by atoms with Gasteiger partial charge in [-0.05, 0) is 42.5 Å². The van der Waals surface area contributed by atoms with Crippen LogP contribution in [0.25, 0.3) is 0 Å². The van der Waals surface area contributed by atoms with E-state index in [4.69, 9.17) is 28.2 Å². The number of rotatable bonds is 2. The van der Waals surface area contributed by atoms with E-state index in [9.17, 15) is 0 Å². The monoisotopic (exact) mass is 366 g/mol. The lowest BCUT2D eigenvalue weighted by molar-refractivity contribution is 1.03. The average Bonchev–Trinajstić information content (AvgIpc) is 2.82. The molecule has 0 spiro atoms. The first-order valence-corrected chi connectivity index (χ1v) is 8.35. The number of nitrogens with one attached hydrogen (secondary N) is 1. The van der Waals surface area contributed by atoms with Crippen LogP contribution in [0.3, 0.4) is 0 Å². The van der Waals surface area contributed by atoms with Gasteiger partial charge in [-0.15, -0.1) is 0 Å². The first kappa shape index (κ1) is 15.8. The van der Waals surface area contributed by atoms with Crippen molar-refractivity contribution in [3.8, 4) is 0 Å². The van der Waals surface area contributed by atoms with Crippen molar-refractivity contribution < 1.29 is 0 Å². The largest absolute Gasteiger partial charge is 0.264 e. The van der Waals surface area contributed by atoms with Gasteiger partial charge in [-0.3, -0.25) is 10.4 Å². The van der Waals surface area contributed by atoms with Crippen LogP contribution in [0.1, 0.15) is 16.7 Å². The maximum absolute atomic E-state index is 6.21. The third-order valence-corrected chi connectivity index (χ3v) is 4.22. The zero-order chi connectivity index (χ0) is 17.2. The van der Waals surface area contributed by atoms with E-state index in [-0.39, 0.29) is 0 Å². The zero-order valence-corrected chi connectivity index (χ0v) is 14.5. The Hall–Kier alpha value is -2.69. The quantitative estimate of drug-likeness (QED) is 0.706. The van der Waals surface area contributed by atoms with Gasteiger partial charge in [0, 0.05) is 39.1 Å². The van der Waals surface area contributed by atoms with Crippen molar-refractivity contribution in [1.29, 1.82) is 0 Å². The Labute approximate surface area is 154 Å². The summed E-state index contributed by atoms with van der Waals surface area (Å²) in [5, 5.41) is 5.82. The number of aliphatic imine (C=N–C) groups is 1. The van der Waals surface area contributed by atoms with Crippen LogP contribution in [0, 0.1) is 0 Å². The fraction of sp³-hybridized carbons (Fsp3) is 0. The standard InChI is InChI=1S/C19H12Cl2N4/c20-14-5-1-3-12(9-14)18-16-10-15(21)6-7-17(16)23-19(25-24-18)13-4-2-8-22-11-13/h1-11H,(H,23,25). The summed E-state index contributed by atoms with van der Waals surface area (Å²) >= 11 is 12.4. The van der Waals surface area contributed by atoms with E-state index in [1.807, 2.05) is 54.6 Å². The minimum absolute atomic E-state index is 0.619. The molecule has 0 amide bonds. The third-order valence-electron chi connectivity index (χ3n) is 3.75. The highest BCUT2D eigenvalue weighted by molar-refractivity contribution is 6.32. The maximum atomic E-state index is 6.21. The van der Waals surface area contributed by atoms with Crippen molar-refractivity contribution in [2.24, 2.45) is 10.1 Å². The summed E-state index contributed by atoms with van der Waals surface area (Å²) in [6, 6.07) is 16.8. The summed E-state index contributed by atoms with van der Waals surface area (Å²) in [5.74, 6) is 0.619. The van der Waals surface area contributed by atoms with Gasteiger partial charge in [0.1, 0.15) is 5.71 Å². The van der Waals surface area contributed by atoms with Crippen molar-refractivity contribution >= 4 is 40.4 Å². The van der Waals surface area contributed by atoms with E-state index in [2.05, 4.69) is 15.5 Å². The lowest BCUT2D eigenvalue weighted by Gasteiger charge is -2.08.